The van der Waals surface area contributed by atoms with Crippen molar-refractivity contribution in [3.63, 3.8) is 0 Å². The molecule has 0 aliphatic carbocycles. The lowest BCUT2D eigenvalue weighted by Gasteiger charge is -2.19. The molecule has 4 nitrogen and oxygen atoms in total. The maximum absolute atomic E-state index is 12.4. The Morgan fingerprint density at radius 1 is 1.44 bits per heavy atom. The largest absolute Gasteiger partial charge is 0.396 e. The molecule has 0 fully saturated rings. The van der Waals surface area contributed by atoms with Crippen molar-refractivity contribution < 1.29 is 9.90 Å². The van der Waals surface area contributed by atoms with Gasteiger partial charge in [0.1, 0.15) is 6.04 Å². The first kappa shape index (κ1) is 13.1. The molecule has 0 bridgehead atoms. The molecule has 98 valence electrons. The molecule has 1 aromatic carbocycles. The molecule has 1 aliphatic rings. The molecule has 0 radical (unpaired) electrons. The number of nitrogens with zero attached hydrogens (tertiary/aromatic N) is 1. The van der Waals surface area contributed by atoms with Crippen molar-refractivity contribution in [1.29, 1.82) is 0 Å². The van der Waals surface area contributed by atoms with Gasteiger partial charge < -0.3 is 15.3 Å². The first-order valence-corrected chi connectivity index (χ1v) is 6.45. The van der Waals surface area contributed by atoms with Crippen LogP contribution in [0.4, 0.5) is 5.69 Å². The van der Waals surface area contributed by atoms with Gasteiger partial charge in [0.2, 0.25) is 5.91 Å². The zero-order valence-corrected chi connectivity index (χ0v) is 10.9. The molecule has 1 atom stereocenters. The van der Waals surface area contributed by atoms with Crippen molar-refractivity contribution in [2.45, 2.75) is 26.3 Å². The molecule has 2 rings (SSSR count). The maximum Gasteiger partial charge on any atom is 0.248 e. The summed E-state index contributed by atoms with van der Waals surface area (Å²) >= 11 is 0. The molecule has 1 aliphatic heterocycles. The van der Waals surface area contributed by atoms with Gasteiger partial charge in [-0.05, 0) is 25.5 Å². The van der Waals surface area contributed by atoms with E-state index in [0.717, 1.165) is 23.4 Å². The van der Waals surface area contributed by atoms with Crippen LogP contribution in [-0.4, -0.2) is 30.7 Å². The SMILES string of the molecule is CCNC1C(=O)N(CCCO)c2c(C)cccc21. The second kappa shape index (κ2) is 5.50. The van der Waals surface area contributed by atoms with Gasteiger partial charge in [0.25, 0.3) is 0 Å². The average Bonchev–Trinajstić information content (AvgIpc) is 2.63. The normalized spacial score (nSPS) is 18.3. The van der Waals surface area contributed by atoms with Crippen LogP contribution in [0.25, 0.3) is 0 Å². The zero-order chi connectivity index (χ0) is 13.1. The Balaban J connectivity index is 2.37. The number of benzene rings is 1. The monoisotopic (exact) mass is 248 g/mol. The summed E-state index contributed by atoms with van der Waals surface area (Å²) in [5.74, 6) is 0.0922. The van der Waals surface area contributed by atoms with Crippen LogP contribution in [-0.2, 0) is 4.79 Å². The smallest absolute Gasteiger partial charge is 0.248 e. The van der Waals surface area contributed by atoms with E-state index >= 15 is 0 Å². The minimum absolute atomic E-state index is 0.0922. The number of fused-ring (bicyclic) bond motifs is 1. The van der Waals surface area contributed by atoms with Gasteiger partial charge in [-0.2, -0.15) is 0 Å². The Morgan fingerprint density at radius 2 is 2.22 bits per heavy atom. The van der Waals surface area contributed by atoms with Crippen LogP contribution >= 0.6 is 0 Å². The quantitative estimate of drug-likeness (QED) is 0.827. The van der Waals surface area contributed by atoms with Gasteiger partial charge in [-0.3, -0.25) is 4.79 Å². The number of carbonyl (C=O) groups is 1. The second-order valence-electron chi connectivity index (χ2n) is 4.57. The Bertz CT molecular complexity index is 445. The third kappa shape index (κ3) is 2.13. The Hall–Kier alpha value is -1.39. The predicted octanol–water partition coefficient (Wildman–Crippen LogP) is 1.37. The molecule has 0 saturated carbocycles. The summed E-state index contributed by atoms with van der Waals surface area (Å²) in [5.41, 5.74) is 3.18. The summed E-state index contributed by atoms with van der Waals surface area (Å²) < 4.78 is 0. The lowest BCUT2D eigenvalue weighted by Crippen LogP contribution is -2.35. The van der Waals surface area contributed by atoms with Crippen LogP contribution in [0.15, 0.2) is 18.2 Å². The van der Waals surface area contributed by atoms with Crippen molar-refractivity contribution in [3.05, 3.63) is 29.3 Å². The number of rotatable bonds is 5. The van der Waals surface area contributed by atoms with Crippen LogP contribution in [0.3, 0.4) is 0 Å². The molecule has 0 aromatic heterocycles. The van der Waals surface area contributed by atoms with Crippen LogP contribution in [0.5, 0.6) is 0 Å². The van der Waals surface area contributed by atoms with Crippen LogP contribution in [0.1, 0.15) is 30.5 Å². The summed E-state index contributed by atoms with van der Waals surface area (Å²) in [6, 6.07) is 5.78. The molecule has 18 heavy (non-hydrogen) atoms. The van der Waals surface area contributed by atoms with E-state index in [2.05, 4.69) is 5.32 Å². The number of para-hydroxylation sites is 1. The Kier molecular flexibility index (Phi) is 3.99. The molecular weight excluding hydrogens is 228 g/mol. The Labute approximate surface area is 108 Å². The first-order valence-electron chi connectivity index (χ1n) is 6.45. The number of nitrogens with one attached hydrogen (secondary N) is 1. The third-order valence-electron chi connectivity index (χ3n) is 3.31. The van der Waals surface area contributed by atoms with E-state index in [-0.39, 0.29) is 18.6 Å². The number of hydrogen-bond acceptors (Lipinski definition) is 3. The molecule has 1 amide bonds. The zero-order valence-electron chi connectivity index (χ0n) is 10.9. The fourth-order valence-corrected chi connectivity index (χ4v) is 2.53. The number of aliphatic hydroxyl groups excluding tert-OH is 1. The van der Waals surface area contributed by atoms with Gasteiger partial charge in [0.15, 0.2) is 0 Å². The number of carbonyl (C=O) groups excluding carboxylic acids is 1. The fourth-order valence-electron chi connectivity index (χ4n) is 2.53. The summed E-state index contributed by atoms with van der Waals surface area (Å²) in [6.07, 6.45) is 0.609. The maximum atomic E-state index is 12.4. The van der Waals surface area contributed by atoms with Crippen molar-refractivity contribution in [2.24, 2.45) is 0 Å². The number of likely N-dealkylation sites (N-methyl/N-ethyl adjacent to an activating group) is 1. The fraction of sp³-hybridized carbons (Fsp3) is 0.500. The summed E-state index contributed by atoms with van der Waals surface area (Å²) in [7, 11) is 0. The van der Waals surface area contributed by atoms with E-state index in [4.69, 9.17) is 5.11 Å². The van der Waals surface area contributed by atoms with Gasteiger partial charge in [-0.25, -0.2) is 0 Å². The number of hydrogen-bond donors (Lipinski definition) is 2. The van der Waals surface area contributed by atoms with E-state index in [1.807, 2.05) is 32.0 Å². The van der Waals surface area contributed by atoms with E-state index < -0.39 is 0 Å². The number of aliphatic hydroxyl groups is 1. The molecule has 4 heteroatoms. The van der Waals surface area contributed by atoms with Crippen LogP contribution in [0, 0.1) is 6.92 Å². The molecule has 2 N–H and O–H groups in total. The number of amides is 1. The van der Waals surface area contributed by atoms with Crippen molar-refractivity contribution >= 4 is 11.6 Å². The van der Waals surface area contributed by atoms with Crippen LogP contribution in [0.2, 0.25) is 0 Å². The molecule has 1 aromatic rings. The topological polar surface area (TPSA) is 52.6 Å². The minimum atomic E-state index is -0.233. The third-order valence-corrected chi connectivity index (χ3v) is 3.31. The molecule has 0 spiro atoms. The molecule has 0 saturated heterocycles. The summed E-state index contributed by atoms with van der Waals surface area (Å²) in [6.45, 7) is 5.47. The van der Waals surface area contributed by atoms with Gasteiger partial charge in [0.05, 0.1) is 5.69 Å². The lowest BCUT2D eigenvalue weighted by atomic mass is 10.1. The van der Waals surface area contributed by atoms with Gasteiger partial charge in [-0.1, -0.05) is 25.1 Å². The van der Waals surface area contributed by atoms with Gasteiger partial charge >= 0.3 is 0 Å². The molecule has 1 heterocycles. The van der Waals surface area contributed by atoms with Crippen molar-refractivity contribution in [1.82, 2.24) is 5.32 Å². The lowest BCUT2D eigenvalue weighted by molar-refractivity contribution is -0.120. The van der Waals surface area contributed by atoms with Crippen molar-refractivity contribution in [2.75, 3.05) is 24.6 Å². The number of aryl methyl sites for hydroxylation is 1. The summed E-state index contributed by atoms with van der Waals surface area (Å²) in [5, 5.41) is 12.2. The standard InChI is InChI=1S/C14H20N2O2/c1-3-15-12-11-7-4-6-10(2)13(11)16(14(12)18)8-5-9-17/h4,6-7,12,15,17H,3,5,8-9H2,1-2H3. The van der Waals surface area contributed by atoms with Crippen molar-refractivity contribution in [3.8, 4) is 0 Å². The van der Waals surface area contributed by atoms with E-state index in [1.165, 1.54) is 0 Å². The highest BCUT2D eigenvalue weighted by Crippen LogP contribution is 2.38. The summed E-state index contributed by atoms with van der Waals surface area (Å²) in [4.78, 5) is 14.2. The number of anilines is 1. The van der Waals surface area contributed by atoms with E-state index in [0.29, 0.717) is 13.0 Å². The minimum Gasteiger partial charge on any atom is -0.396 e. The second-order valence-corrected chi connectivity index (χ2v) is 4.57. The average molecular weight is 248 g/mol. The molecular formula is C14H20N2O2. The van der Waals surface area contributed by atoms with Crippen LogP contribution < -0.4 is 10.2 Å². The predicted molar refractivity (Wildman–Crippen MR) is 71.7 cm³/mol. The highest BCUT2D eigenvalue weighted by molar-refractivity contribution is 6.05. The Morgan fingerprint density at radius 3 is 2.89 bits per heavy atom. The highest BCUT2D eigenvalue weighted by Gasteiger charge is 2.36. The van der Waals surface area contributed by atoms with E-state index in [1.54, 1.807) is 4.90 Å². The van der Waals surface area contributed by atoms with E-state index in [9.17, 15) is 4.79 Å². The first-order chi connectivity index (χ1) is 8.70. The molecule has 1 unspecified atom stereocenters. The highest BCUT2D eigenvalue weighted by atomic mass is 16.3. The van der Waals surface area contributed by atoms with Gasteiger partial charge in [0, 0.05) is 18.7 Å². The van der Waals surface area contributed by atoms with Gasteiger partial charge in [-0.15, -0.1) is 0 Å².